The van der Waals surface area contributed by atoms with E-state index in [9.17, 15) is 22.8 Å². The summed E-state index contributed by atoms with van der Waals surface area (Å²) in [4.78, 5) is 25.2. The molecule has 1 aromatic heterocycles. The summed E-state index contributed by atoms with van der Waals surface area (Å²) in [5.74, 6) is -0.939. The molecule has 1 aromatic rings. The normalized spacial score (nSPS) is 24.0. The zero-order valence-corrected chi connectivity index (χ0v) is 9.48. The molecule has 2 rings (SSSR count). The minimum atomic E-state index is -4.66. The number of imide groups is 1. The van der Waals surface area contributed by atoms with Gasteiger partial charge < -0.3 is 11.1 Å². The van der Waals surface area contributed by atoms with Gasteiger partial charge in [0, 0.05) is 6.54 Å². The zero-order valence-electron chi connectivity index (χ0n) is 8.67. The quantitative estimate of drug-likeness (QED) is 0.672. The highest BCUT2D eigenvalue weighted by Gasteiger charge is 2.53. The summed E-state index contributed by atoms with van der Waals surface area (Å²) in [6.45, 7) is -0.516. The van der Waals surface area contributed by atoms with E-state index in [2.05, 4.69) is 10.3 Å². The lowest BCUT2D eigenvalue weighted by Crippen LogP contribution is -2.51. The van der Waals surface area contributed by atoms with Crippen LogP contribution in [0.1, 0.15) is 10.6 Å². The Morgan fingerprint density at radius 2 is 2.11 bits per heavy atom. The van der Waals surface area contributed by atoms with Crippen molar-refractivity contribution in [1.29, 1.82) is 0 Å². The second-order valence-corrected chi connectivity index (χ2v) is 4.40. The molecule has 1 fully saturated rings. The van der Waals surface area contributed by atoms with Crippen molar-refractivity contribution in [2.24, 2.45) is 5.73 Å². The zero-order chi connectivity index (χ0) is 13.6. The van der Waals surface area contributed by atoms with Crippen molar-refractivity contribution in [2.75, 3.05) is 6.54 Å². The first-order valence-electron chi connectivity index (χ1n) is 4.66. The molecule has 18 heavy (non-hydrogen) atoms. The molecule has 1 aliphatic heterocycles. The fraction of sp³-hybridized carbons (Fsp3) is 0.375. The van der Waals surface area contributed by atoms with Gasteiger partial charge in [0.1, 0.15) is 10.6 Å². The molecular weight excluding hydrogens is 273 g/mol. The number of hydrogen-bond acceptors (Lipinski definition) is 5. The number of thiazole rings is 1. The van der Waals surface area contributed by atoms with E-state index in [1.54, 1.807) is 0 Å². The molecule has 0 saturated carbocycles. The Hall–Kier alpha value is -1.68. The van der Waals surface area contributed by atoms with Crippen LogP contribution in [-0.2, 0) is 16.5 Å². The average Bonchev–Trinajstić information content (AvgIpc) is 2.82. The first-order valence-corrected chi connectivity index (χ1v) is 5.54. The van der Waals surface area contributed by atoms with Gasteiger partial charge in [0.15, 0.2) is 5.54 Å². The van der Waals surface area contributed by atoms with Crippen molar-refractivity contribution in [3.05, 3.63) is 16.1 Å². The molecule has 98 valence electrons. The Labute approximate surface area is 102 Å². The van der Waals surface area contributed by atoms with Gasteiger partial charge in [-0.2, -0.15) is 13.2 Å². The number of carbonyl (C=O) groups is 2. The topological polar surface area (TPSA) is 97.1 Å². The van der Waals surface area contributed by atoms with Gasteiger partial charge in [0.25, 0.3) is 5.91 Å². The molecule has 10 heteroatoms. The van der Waals surface area contributed by atoms with Crippen molar-refractivity contribution in [2.45, 2.75) is 11.7 Å². The Morgan fingerprint density at radius 1 is 1.44 bits per heavy atom. The maximum atomic E-state index is 12.8. The third-order valence-electron chi connectivity index (χ3n) is 2.48. The average molecular weight is 280 g/mol. The van der Waals surface area contributed by atoms with E-state index in [0.29, 0.717) is 11.3 Å². The van der Waals surface area contributed by atoms with Gasteiger partial charge in [-0.1, -0.05) is 0 Å². The smallest absolute Gasteiger partial charge is 0.327 e. The number of urea groups is 1. The summed E-state index contributed by atoms with van der Waals surface area (Å²) in [5, 5.41) is 3.96. The van der Waals surface area contributed by atoms with Crippen molar-refractivity contribution >= 4 is 23.3 Å². The van der Waals surface area contributed by atoms with Crippen LogP contribution in [0.5, 0.6) is 0 Å². The summed E-state index contributed by atoms with van der Waals surface area (Å²) in [6.07, 6.45) is -4.66. The molecule has 6 nitrogen and oxygen atoms in total. The molecule has 0 aliphatic carbocycles. The largest absolute Gasteiger partial charge is 0.427 e. The highest BCUT2D eigenvalue weighted by molar-refractivity contribution is 7.09. The van der Waals surface area contributed by atoms with Crippen molar-refractivity contribution < 1.29 is 22.8 Å². The maximum absolute atomic E-state index is 12.8. The predicted octanol–water partition coefficient (Wildman–Crippen LogP) is 0.155. The third kappa shape index (κ3) is 1.73. The van der Waals surface area contributed by atoms with E-state index in [4.69, 9.17) is 5.73 Å². The Balaban J connectivity index is 2.56. The Morgan fingerprint density at radius 3 is 2.56 bits per heavy atom. The van der Waals surface area contributed by atoms with Crippen LogP contribution in [0.4, 0.5) is 18.0 Å². The highest BCUT2D eigenvalue weighted by atomic mass is 32.1. The van der Waals surface area contributed by atoms with Crippen LogP contribution in [0.2, 0.25) is 0 Å². The van der Waals surface area contributed by atoms with Gasteiger partial charge in [-0.05, 0) is 0 Å². The van der Waals surface area contributed by atoms with Gasteiger partial charge in [0.2, 0.25) is 0 Å². The number of rotatable bonds is 2. The van der Waals surface area contributed by atoms with Crippen LogP contribution in [0.15, 0.2) is 5.51 Å². The molecule has 1 aliphatic rings. The van der Waals surface area contributed by atoms with Gasteiger partial charge in [-0.25, -0.2) is 9.78 Å². The molecule has 4 N–H and O–H groups in total. The van der Waals surface area contributed by atoms with Gasteiger partial charge in [0.05, 0.1) is 5.51 Å². The van der Waals surface area contributed by atoms with E-state index in [0.717, 1.165) is 5.51 Å². The molecule has 0 spiro atoms. The Bertz CT molecular complexity index is 515. The van der Waals surface area contributed by atoms with Crippen LogP contribution >= 0.6 is 11.3 Å². The molecule has 1 atom stereocenters. The summed E-state index contributed by atoms with van der Waals surface area (Å²) < 4.78 is 38.3. The summed E-state index contributed by atoms with van der Waals surface area (Å²) in [7, 11) is 0. The van der Waals surface area contributed by atoms with E-state index in [-0.39, 0.29) is 0 Å². The monoisotopic (exact) mass is 280 g/mol. The standard InChI is InChI=1S/C8H7F3N4O2S/c9-8(10,11)4-3(13-2-18-4)7(1-12)5(16)14-6(17)15-7/h2H,1,12H2,(H2,14,15,16,17)/t7-/m1/s1. The number of hydrogen-bond donors (Lipinski definition) is 3. The second kappa shape index (κ2) is 3.92. The molecular formula is C8H7F3N4O2S. The minimum absolute atomic E-state index is 0.338. The van der Waals surface area contributed by atoms with E-state index >= 15 is 0 Å². The molecule has 0 aromatic carbocycles. The lowest BCUT2D eigenvalue weighted by atomic mass is 9.94. The van der Waals surface area contributed by atoms with Crippen molar-refractivity contribution in [3.8, 4) is 0 Å². The summed E-state index contributed by atoms with van der Waals surface area (Å²) >= 11 is 0.338. The number of nitrogens with two attached hydrogens (primary N) is 1. The lowest BCUT2D eigenvalue weighted by Gasteiger charge is -2.23. The van der Waals surface area contributed by atoms with Crippen LogP contribution < -0.4 is 16.4 Å². The predicted molar refractivity (Wildman–Crippen MR) is 54.5 cm³/mol. The molecule has 0 unspecified atom stereocenters. The van der Waals surface area contributed by atoms with Gasteiger partial charge in [-0.15, -0.1) is 11.3 Å². The first kappa shape index (κ1) is 12.8. The molecule has 0 bridgehead atoms. The second-order valence-electron chi connectivity index (χ2n) is 3.55. The molecule has 2 heterocycles. The number of nitrogens with one attached hydrogen (secondary N) is 2. The number of carbonyl (C=O) groups excluding carboxylic acids is 2. The molecule has 0 radical (unpaired) electrons. The highest BCUT2D eigenvalue weighted by Crippen LogP contribution is 2.39. The van der Waals surface area contributed by atoms with Crippen molar-refractivity contribution in [1.82, 2.24) is 15.6 Å². The van der Waals surface area contributed by atoms with Crippen LogP contribution in [-0.4, -0.2) is 23.5 Å². The van der Waals surface area contributed by atoms with Crippen LogP contribution in [0.25, 0.3) is 0 Å². The van der Waals surface area contributed by atoms with Crippen LogP contribution in [0.3, 0.4) is 0 Å². The SMILES string of the molecule is NC[C@]1(c2ncsc2C(F)(F)F)NC(=O)NC1=O. The maximum Gasteiger partial charge on any atom is 0.427 e. The number of halogens is 3. The minimum Gasteiger partial charge on any atom is -0.327 e. The van der Waals surface area contributed by atoms with E-state index in [1.165, 1.54) is 0 Å². The number of amides is 3. The summed E-state index contributed by atoms with van der Waals surface area (Å²) in [6, 6.07) is -0.897. The lowest BCUT2D eigenvalue weighted by molar-refractivity contribution is -0.136. The van der Waals surface area contributed by atoms with E-state index < -0.39 is 40.8 Å². The number of nitrogens with zero attached hydrogens (tertiary/aromatic N) is 1. The fourth-order valence-electron chi connectivity index (χ4n) is 1.65. The first-order chi connectivity index (χ1) is 8.31. The van der Waals surface area contributed by atoms with Gasteiger partial charge >= 0.3 is 12.2 Å². The molecule has 3 amide bonds. The Kier molecular flexibility index (Phi) is 2.78. The van der Waals surface area contributed by atoms with E-state index in [1.807, 2.05) is 5.32 Å². The number of alkyl halides is 3. The van der Waals surface area contributed by atoms with Crippen molar-refractivity contribution in [3.63, 3.8) is 0 Å². The van der Waals surface area contributed by atoms with Crippen LogP contribution in [0, 0.1) is 0 Å². The fourth-order valence-corrected chi connectivity index (χ4v) is 2.39. The number of aromatic nitrogens is 1. The third-order valence-corrected chi connectivity index (χ3v) is 3.35. The van der Waals surface area contributed by atoms with Gasteiger partial charge in [-0.3, -0.25) is 10.1 Å². The molecule has 1 saturated heterocycles. The summed E-state index contributed by atoms with van der Waals surface area (Å²) in [5.41, 5.74) is 3.76.